The van der Waals surface area contributed by atoms with E-state index in [1.54, 1.807) is 50.4 Å². The first-order chi connectivity index (χ1) is 10.5. The van der Waals surface area contributed by atoms with Crippen molar-refractivity contribution in [3.63, 3.8) is 0 Å². The number of benzene rings is 2. The van der Waals surface area contributed by atoms with Crippen LogP contribution < -0.4 is 14.8 Å². The maximum atomic E-state index is 12.2. The number of hydrogen-bond acceptors (Lipinski definition) is 3. The zero-order valence-corrected chi connectivity index (χ0v) is 13.6. The summed E-state index contributed by atoms with van der Waals surface area (Å²) in [6.45, 7) is 1.64. The third kappa shape index (κ3) is 4.06. The number of carbonyl (C=O) groups excluding carboxylic acids is 1. The molecule has 0 unspecified atom stereocenters. The van der Waals surface area contributed by atoms with Crippen LogP contribution in [-0.4, -0.2) is 19.1 Å². The van der Waals surface area contributed by atoms with Gasteiger partial charge in [-0.25, -0.2) is 0 Å². The zero-order chi connectivity index (χ0) is 16.1. The molecule has 0 spiro atoms. The molecule has 0 bridgehead atoms. The second-order valence-electron chi connectivity index (χ2n) is 4.52. The molecule has 0 aromatic heterocycles. The van der Waals surface area contributed by atoms with Gasteiger partial charge in [-0.1, -0.05) is 35.3 Å². The SMILES string of the molecule is COc1ccccc1O[C@H](C)C(=O)Nc1cc(Cl)ccc1Cl. The van der Waals surface area contributed by atoms with Gasteiger partial charge >= 0.3 is 0 Å². The fourth-order valence-corrected chi connectivity index (χ4v) is 2.12. The van der Waals surface area contributed by atoms with Crippen LogP contribution in [0.1, 0.15) is 6.92 Å². The monoisotopic (exact) mass is 339 g/mol. The average Bonchev–Trinajstić information content (AvgIpc) is 2.51. The van der Waals surface area contributed by atoms with E-state index in [9.17, 15) is 4.79 Å². The first kappa shape index (κ1) is 16.5. The number of anilines is 1. The molecule has 1 atom stereocenters. The van der Waals surface area contributed by atoms with Gasteiger partial charge in [0.1, 0.15) is 0 Å². The summed E-state index contributed by atoms with van der Waals surface area (Å²) in [7, 11) is 1.54. The minimum absolute atomic E-state index is 0.338. The minimum Gasteiger partial charge on any atom is -0.493 e. The zero-order valence-electron chi connectivity index (χ0n) is 12.1. The summed E-state index contributed by atoms with van der Waals surface area (Å²) in [5, 5.41) is 3.58. The molecule has 0 aliphatic rings. The highest BCUT2D eigenvalue weighted by atomic mass is 35.5. The van der Waals surface area contributed by atoms with Gasteiger partial charge in [-0.05, 0) is 37.3 Å². The fraction of sp³-hybridized carbons (Fsp3) is 0.188. The van der Waals surface area contributed by atoms with Crippen LogP contribution in [0.15, 0.2) is 42.5 Å². The predicted molar refractivity (Wildman–Crippen MR) is 88.2 cm³/mol. The Morgan fingerprint density at radius 2 is 1.82 bits per heavy atom. The molecule has 0 radical (unpaired) electrons. The number of carbonyl (C=O) groups is 1. The Hall–Kier alpha value is -1.91. The molecular formula is C16H15Cl2NO3. The topological polar surface area (TPSA) is 47.6 Å². The van der Waals surface area contributed by atoms with Gasteiger partial charge in [-0.2, -0.15) is 0 Å². The van der Waals surface area contributed by atoms with E-state index < -0.39 is 6.10 Å². The molecule has 0 saturated heterocycles. The number of ether oxygens (including phenoxy) is 2. The maximum Gasteiger partial charge on any atom is 0.265 e. The van der Waals surface area contributed by atoms with E-state index >= 15 is 0 Å². The van der Waals surface area contributed by atoms with Crippen molar-refractivity contribution in [3.8, 4) is 11.5 Å². The Morgan fingerprint density at radius 3 is 2.50 bits per heavy atom. The number of rotatable bonds is 5. The van der Waals surface area contributed by atoms with Crippen LogP contribution in [-0.2, 0) is 4.79 Å². The molecule has 2 aromatic carbocycles. The number of amides is 1. The molecule has 0 heterocycles. The Balaban J connectivity index is 2.07. The number of hydrogen-bond donors (Lipinski definition) is 1. The Labute approximate surface area is 138 Å². The van der Waals surface area contributed by atoms with Gasteiger partial charge in [-0.15, -0.1) is 0 Å². The van der Waals surface area contributed by atoms with Crippen LogP contribution in [0, 0.1) is 0 Å². The molecule has 4 nitrogen and oxygen atoms in total. The molecule has 0 saturated carbocycles. The Bertz CT molecular complexity index is 676. The van der Waals surface area contributed by atoms with Gasteiger partial charge in [0.2, 0.25) is 0 Å². The molecule has 0 fully saturated rings. The van der Waals surface area contributed by atoms with Gasteiger partial charge < -0.3 is 14.8 Å². The number of methoxy groups -OCH3 is 1. The average molecular weight is 340 g/mol. The van der Waals surface area contributed by atoms with Crippen LogP contribution in [0.3, 0.4) is 0 Å². The highest BCUT2D eigenvalue weighted by Gasteiger charge is 2.18. The van der Waals surface area contributed by atoms with E-state index in [2.05, 4.69) is 5.32 Å². The van der Waals surface area contributed by atoms with Crippen LogP contribution in [0.4, 0.5) is 5.69 Å². The summed E-state index contributed by atoms with van der Waals surface area (Å²) in [5.41, 5.74) is 0.439. The third-order valence-electron chi connectivity index (χ3n) is 2.93. The maximum absolute atomic E-state index is 12.2. The smallest absolute Gasteiger partial charge is 0.265 e. The van der Waals surface area contributed by atoms with Crippen molar-refractivity contribution in [2.75, 3.05) is 12.4 Å². The lowest BCUT2D eigenvalue weighted by atomic mass is 10.3. The standard InChI is InChI=1S/C16H15Cl2NO3/c1-10(22-15-6-4-3-5-14(15)21-2)16(20)19-13-9-11(17)7-8-12(13)18/h3-10H,1-2H3,(H,19,20)/t10-/m1/s1. The highest BCUT2D eigenvalue weighted by molar-refractivity contribution is 6.35. The second kappa shape index (κ2) is 7.38. The summed E-state index contributed by atoms with van der Waals surface area (Å²) in [4.78, 5) is 12.2. The van der Waals surface area contributed by atoms with Crippen molar-refractivity contribution < 1.29 is 14.3 Å². The lowest BCUT2D eigenvalue weighted by Gasteiger charge is -2.17. The third-order valence-corrected chi connectivity index (χ3v) is 3.49. The van der Waals surface area contributed by atoms with Crippen molar-refractivity contribution in [1.82, 2.24) is 0 Å². The lowest BCUT2D eigenvalue weighted by Crippen LogP contribution is -2.30. The number of nitrogens with one attached hydrogen (secondary N) is 1. The van der Waals surface area contributed by atoms with Crippen molar-refractivity contribution in [2.45, 2.75) is 13.0 Å². The highest BCUT2D eigenvalue weighted by Crippen LogP contribution is 2.28. The van der Waals surface area contributed by atoms with Gasteiger partial charge in [0.25, 0.3) is 5.91 Å². The summed E-state index contributed by atoms with van der Waals surface area (Å²) in [5.74, 6) is 0.711. The molecule has 1 amide bonds. The van der Waals surface area contributed by atoms with Crippen LogP contribution in [0.2, 0.25) is 10.0 Å². The summed E-state index contributed by atoms with van der Waals surface area (Å²) < 4.78 is 10.8. The minimum atomic E-state index is -0.730. The van der Waals surface area contributed by atoms with Crippen molar-refractivity contribution in [2.24, 2.45) is 0 Å². The molecule has 22 heavy (non-hydrogen) atoms. The van der Waals surface area contributed by atoms with Crippen molar-refractivity contribution >= 4 is 34.8 Å². The molecule has 0 aliphatic heterocycles. The normalized spacial score (nSPS) is 11.6. The summed E-state index contributed by atoms with van der Waals surface area (Å²) in [6, 6.07) is 12.0. The summed E-state index contributed by atoms with van der Waals surface area (Å²) in [6.07, 6.45) is -0.730. The van der Waals surface area contributed by atoms with Crippen LogP contribution >= 0.6 is 23.2 Å². The Kier molecular flexibility index (Phi) is 5.52. The molecule has 2 aromatic rings. The molecule has 1 N–H and O–H groups in total. The fourth-order valence-electron chi connectivity index (χ4n) is 1.79. The van der Waals surface area contributed by atoms with E-state index in [1.165, 1.54) is 0 Å². The predicted octanol–water partition coefficient (Wildman–Crippen LogP) is 4.41. The van der Waals surface area contributed by atoms with Gasteiger partial charge in [0.15, 0.2) is 17.6 Å². The van der Waals surface area contributed by atoms with E-state index in [0.717, 1.165) is 0 Å². The molecule has 0 aliphatic carbocycles. The quantitative estimate of drug-likeness (QED) is 0.877. The van der Waals surface area contributed by atoms with E-state index in [0.29, 0.717) is 27.2 Å². The van der Waals surface area contributed by atoms with Crippen molar-refractivity contribution in [3.05, 3.63) is 52.5 Å². The van der Waals surface area contributed by atoms with E-state index in [-0.39, 0.29) is 5.91 Å². The number of halogens is 2. The van der Waals surface area contributed by atoms with Crippen LogP contribution in [0.25, 0.3) is 0 Å². The van der Waals surface area contributed by atoms with E-state index in [4.69, 9.17) is 32.7 Å². The molecule has 6 heteroatoms. The molecule has 2 rings (SSSR count). The van der Waals surface area contributed by atoms with Crippen LogP contribution in [0.5, 0.6) is 11.5 Å². The first-order valence-corrected chi connectivity index (χ1v) is 7.32. The van der Waals surface area contributed by atoms with Gasteiger partial charge in [0.05, 0.1) is 17.8 Å². The molecule has 116 valence electrons. The first-order valence-electron chi connectivity index (χ1n) is 6.57. The largest absolute Gasteiger partial charge is 0.493 e. The summed E-state index contributed by atoms with van der Waals surface area (Å²) >= 11 is 11.9. The Morgan fingerprint density at radius 1 is 1.14 bits per heavy atom. The second-order valence-corrected chi connectivity index (χ2v) is 5.37. The lowest BCUT2D eigenvalue weighted by molar-refractivity contribution is -0.122. The van der Waals surface area contributed by atoms with Crippen molar-refractivity contribution in [1.29, 1.82) is 0 Å². The molecular weight excluding hydrogens is 325 g/mol. The van der Waals surface area contributed by atoms with Gasteiger partial charge in [-0.3, -0.25) is 4.79 Å². The number of para-hydroxylation sites is 2. The van der Waals surface area contributed by atoms with Gasteiger partial charge in [0, 0.05) is 5.02 Å². The van der Waals surface area contributed by atoms with E-state index in [1.807, 2.05) is 6.07 Å².